The van der Waals surface area contributed by atoms with Gasteiger partial charge in [0.05, 0.1) is 12.7 Å². The fourth-order valence-electron chi connectivity index (χ4n) is 3.98. The smallest absolute Gasteiger partial charge is 0.278 e. The molecule has 8 heteroatoms. The standard InChI is InChI=1S/C22H25N5O3/c1-15(2)27-20(28)18(16-7-4-5-8-17(16)30-3)19(21(27)29)25-11-13-26(14-12-25)22-23-9-6-10-24-22/h4-10,15H,11-14H2,1-3H3. The predicted molar refractivity (Wildman–Crippen MR) is 113 cm³/mol. The lowest BCUT2D eigenvalue weighted by Crippen LogP contribution is -2.48. The van der Waals surface area contributed by atoms with E-state index in [1.54, 1.807) is 31.6 Å². The minimum absolute atomic E-state index is 0.230. The molecule has 0 aliphatic carbocycles. The Bertz CT molecular complexity index is 981. The minimum atomic E-state index is -0.275. The first-order valence-corrected chi connectivity index (χ1v) is 10.1. The Labute approximate surface area is 175 Å². The number of methoxy groups -OCH3 is 1. The van der Waals surface area contributed by atoms with E-state index in [2.05, 4.69) is 14.9 Å². The maximum atomic E-state index is 13.3. The van der Waals surface area contributed by atoms with E-state index in [4.69, 9.17) is 4.74 Å². The molecule has 2 aliphatic heterocycles. The normalized spacial score (nSPS) is 17.4. The van der Waals surface area contributed by atoms with Crippen LogP contribution in [0.2, 0.25) is 0 Å². The average Bonchev–Trinajstić information content (AvgIpc) is 3.04. The SMILES string of the molecule is COc1ccccc1C1=C(N2CCN(c3ncccn3)CC2)C(=O)N(C(C)C)C1=O. The van der Waals surface area contributed by atoms with E-state index >= 15 is 0 Å². The first-order chi connectivity index (χ1) is 14.5. The summed E-state index contributed by atoms with van der Waals surface area (Å²) < 4.78 is 5.49. The molecule has 0 spiro atoms. The number of carbonyl (C=O) groups is 2. The van der Waals surface area contributed by atoms with E-state index in [-0.39, 0.29) is 17.9 Å². The molecular formula is C22H25N5O3. The second-order valence-corrected chi connectivity index (χ2v) is 7.52. The Balaban J connectivity index is 1.70. The third kappa shape index (κ3) is 3.38. The lowest BCUT2D eigenvalue weighted by molar-refractivity contribution is -0.139. The van der Waals surface area contributed by atoms with Gasteiger partial charge in [0.15, 0.2) is 0 Å². The van der Waals surface area contributed by atoms with Crippen molar-refractivity contribution in [3.8, 4) is 5.75 Å². The molecule has 2 amide bonds. The average molecular weight is 407 g/mol. The number of amides is 2. The summed E-state index contributed by atoms with van der Waals surface area (Å²) in [6.07, 6.45) is 3.44. The van der Waals surface area contributed by atoms with Gasteiger partial charge in [0.2, 0.25) is 5.95 Å². The molecule has 1 aromatic heterocycles. The van der Waals surface area contributed by atoms with E-state index in [1.165, 1.54) is 4.90 Å². The Morgan fingerprint density at radius 2 is 1.53 bits per heavy atom. The molecule has 156 valence electrons. The van der Waals surface area contributed by atoms with Crippen LogP contribution >= 0.6 is 0 Å². The highest BCUT2D eigenvalue weighted by molar-refractivity contribution is 6.36. The van der Waals surface area contributed by atoms with Crippen molar-refractivity contribution in [3.05, 3.63) is 54.0 Å². The summed E-state index contributed by atoms with van der Waals surface area (Å²) >= 11 is 0. The van der Waals surface area contributed by atoms with Crippen LogP contribution in [0.4, 0.5) is 5.95 Å². The number of carbonyl (C=O) groups excluding carboxylic acids is 2. The van der Waals surface area contributed by atoms with Crippen LogP contribution in [0.25, 0.3) is 5.57 Å². The molecule has 2 aliphatic rings. The van der Waals surface area contributed by atoms with Gasteiger partial charge in [-0.2, -0.15) is 0 Å². The number of anilines is 1. The molecule has 0 N–H and O–H groups in total. The first-order valence-electron chi connectivity index (χ1n) is 10.1. The number of rotatable bonds is 5. The first kappa shape index (κ1) is 19.9. The molecule has 1 fully saturated rings. The fourth-order valence-corrected chi connectivity index (χ4v) is 3.98. The molecule has 0 saturated carbocycles. The van der Waals surface area contributed by atoms with Crippen LogP contribution in [0.1, 0.15) is 19.4 Å². The zero-order valence-electron chi connectivity index (χ0n) is 17.4. The van der Waals surface area contributed by atoms with Crippen LogP contribution in [0, 0.1) is 0 Å². The Hall–Kier alpha value is -3.42. The van der Waals surface area contributed by atoms with Gasteiger partial charge >= 0.3 is 0 Å². The van der Waals surface area contributed by atoms with E-state index in [1.807, 2.05) is 36.9 Å². The van der Waals surface area contributed by atoms with E-state index in [0.29, 0.717) is 54.7 Å². The van der Waals surface area contributed by atoms with E-state index < -0.39 is 0 Å². The second kappa shape index (κ2) is 8.14. The zero-order chi connectivity index (χ0) is 21.3. The Morgan fingerprint density at radius 1 is 0.900 bits per heavy atom. The van der Waals surface area contributed by atoms with Crippen molar-refractivity contribution in [2.45, 2.75) is 19.9 Å². The molecule has 1 aromatic carbocycles. The number of hydrogen-bond acceptors (Lipinski definition) is 7. The van der Waals surface area contributed by atoms with Crippen molar-refractivity contribution in [2.75, 3.05) is 38.2 Å². The molecule has 1 saturated heterocycles. The third-order valence-corrected chi connectivity index (χ3v) is 5.41. The highest BCUT2D eigenvalue weighted by Gasteiger charge is 2.44. The minimum Gasteiger partial charge on any atom is -0.496 e. The van der Waals surface area contributed by atoms with Gasteiger partial charge in [0.1, 0.15) is 11.4 Å². The van der Waals surface area contributed by atoms with Crippen LogP contribution in [0.5, 0.6) is 5.75 Å². The number of benzene rings is 1. The molecule has 0 bridgehead atoms. The van der Waals surface area contributed by atoms with Crippen LogP contribution < -0.4 is 9.64 Å². The predicted octanol–water partition coefficient (Wildman–Crippen LogP) is 1.80. The van der Waals surface area contributed by atoms with Gasteiger partial charge in [-0.05, 0) is 26.0 Å². The molecule has 0 unspecified atom stereocenters. The molecule has 2 aromatic rings. The topological polar surface area (TPSA) is 78.9 Å². The molecule has 0 radical (unpaired) electrons. The van der Waals surface area contributed by atoms with Gasteiger partial charge in [-0.25, -0.2) is 9.97 Å². The Morgan fingerprint density at radius 3 is 2.17 bits per heavy atom. The van der Waals surface area contributed by atoms with Crippen LogP contribution in [-0.4, -0.2) is 70.9 Å². The fraction of sp³-hybridized carbons (Fsp3) is 0.364. The molecule has 0 atom stereocenters. The molecule has 30 heavy (non-hydrogen) atoms. The number of nitrogens with zero attached hydrogens (tertiary/aromatic N) is 5. The molecule has 3 heterocycles. The highest BCUT2D eigenvalue weighted by atomic mass is 16.5. The summed E-state index contributed by atoms with van der Waals surface area (Å²) in [5, 5.41) is 0. The monoisotopic (exact) mass is 407 g/mol. The summed E-state index contributed by atoms with van der Waals surface area (Å²) in [7, 11) is 1.57. The van der Waals surface area contributed by atoms with Crippen LogP contribution in [0.3, 0.4) is 0 Å². The van der Waals surface area contributed by atoms with E-state index in [9.17, 15) is 9.59 Å². The van der Waals surface area contributed by atoms with E-state index in [0.717, 1.165) is 0 Å². The lowest BCUT2D eigenvalue weighted by atomic mass is 10.0. The summed E-state index contributed by atoms with van der Waals surface area (Å²) in [5.74, 6) is 0.727. The van der Waals surface area contributed by atoms with Crippen molar-refractivity contribution < 1.29 is 14.3 Å². The van der Waals surface area contributed by atoms with Crippen molar-refractivity contribution >= 4 is 23.3 Å². The molecule has 8 nitrogen and oxygen atoms in total. The Kier molecular flexibility index (Phi) is 5.39. The zero-order valence-corrected chi connectivity index (χ0v) is 17.4. The van der Waals surface area contributed by atoms with Crippen LogP contribution in [0.15, 0.2) is 48.4 Å². The summed E-state index contributed by atoms with van der Waals surface area (Å²) in [6, 6.07) is 8.89. The lowest BCUT2D eigenvalue weighted by Gasteiger charge is -2.36. The second-order valence-electron chi connectivity index (χ2n) is 7.52. The number of hydrogen-bond donors (Lipinski definition) is 0. The van der Waals surface area contributed by atoms with Gasteiger partial charge in [-0.15, -0.1) is 0 Å². The summed E-state index contributed by atoms with van der Waals surface area (Å²) in [4.78, 5) is 40.7. The third-order valence-electron chi connectivity index (χ3n) is 5.41. The van der Waals surface area contributed by atoms with Gasteiger partial charge in [0.25, 0.3) is 11.8 Å². The van der Waals surface area contributed by atoms with Crippen molar-refractivity contribution in [3.63, 3.8) is 0 Å². The largest absolute Gasteiger partial charge is 0.496 e. The van der Waals surface area contributed by atoms with Gasteiger partial charge in [0, 0.05) is 50.2 Å². The molecule has 4 rings (SSSR count). The van der Waals surface area contributed by atoms with Crippen LogP contribution in [-0.2, 0) is 9.59 Å². The number of imide groups is 1. The number of para-hydroxylation sites is 1. The van der Waals surface area contributed by atoms with Crippen molar-refractivity contribution in [2.24, 2.45) is 0 Å². The van der Waals surface area contributed by atoms with Gasteiger partial charge in [-0.1, -0.05) is 18.2 Å². The number of ether oxygens (including phenoxy) is 1. The van der Waals surface area contributed by atoms with Crippen molar-refractivity contribution in [1.29, 1.82) is 0 Å². The maximum Gasteiger partial charge on any atom is 0.278 e. The number of piperazine rings is 1. The van der Waals surface area contributed by atoms with Gasteiger partial charge in [-0.3, -0.25) is 14.5 Å². The highest BCUT2D eigenvalue weighted by Crippen LogP contribution is 2.37. The van der Waals surface area contributed by atoms with Gasteiger partial charge < -0.3 is 14.5 Å². The molecular weight excluding hydrogens is 382 g/mol. The number of aromatic nitrogens is 2. The maximum absolute atomic E-state index is 13.3. The summed E-state index contributed by atoms with van der Waals surface area (Å²) in [6.45, 7) is 6.21. The summed E-state index contributed by atoms with van der Waals surface area (Å²) in [5.41, 5.74) is 1.51. The van der Waals surface area contributed by atoms with Crippen molar-refractivity contribution in [1.82, 2.24) is 19.8 Å². The quantitative estimate of drug-likeness (QED) is 0.699.